The number of azo groups is 1. The maximum Gasteiger partial charge on any atom is 0.340 e. The molecule has 12 nitrogen and oxygen atoms in total. The molecule has 0 saturated heterocycles. The molecule has 0 saturated carbocycles. The molecule has 2 aromatic carbocycles. The van der Waals surface area contributed by atoms with E-state index in [1.807, 2.05) is 0 Å². The number of hydrogen-bond donors (Lipinski definition) is 4. The average Bonchev–Trinajstić information content (AvgIpc) is 3.12. The first-order valence-electron chi connectivity index (χ1n) is 9.09. The van der Waals surface area contributed by atoms with Crippen molar-refractivity contribution in [3.8, 4) is 0 Å². The Labute approximate surface area is 179 Å². The molecular weight excluding hydrogens is 422 g/mol. The number of Topliss-reactive ketones (excluding diaryl/α,β-unsaturated/α-hetero) is 1. The summed E-state index contributed by atoms with van der Waals surface area (Å²) < 4.78 is 4.63. The molecule has 1 atom stereocenters. The van der Waals surface area contributed by atoms with E-state index in [9.17, 15) is 24.0 Å². The Morgan fingerprint density at radius 2 is 1.78 bits per heavy atom. The molecule has 4 N–H and O–H groups in total. The molecule has 1 unspecified atom stereocenters. The van der Waals surface area contributed by atoms with Gasteiger partial charge in [0.25, 0.3) is 5.91 Å². The third-order valence-electron chi connectivity index (χ3n) is 4.35. The minimum Gasteiger partial charge on any atom is -0.478 e. The zero-order valence-electron chi connectivity index (χ0n) is 16.8. The molecule has 0 radical (unpaired) electrons. The van der Waals surface area contributed by atoms with E-state index < -0.39 is 35.4 Å². The molecule has 0 bridgehead atoms. The predicted molar refractivity (Wildman–Crippen MR) is 111 cm³/mol. The van der Waals surface area contributed by atoms with Crippen molar-refractivity contribution in [2.75, 3.05) is 12.4 Å². The van der Waals surface area contributed by atoms with Crippen molar-refractivity contribution in [2.45, 2.75) is 13.0 Å². The van der Waals surface area contributed by atoms with Crippen LogP contribution in [0, 0.1) is 0 Å². The van der Waals surface area contributed by atoms with Gasteiger partial charge in [0.05, 0.1) is 29.3 Å². The van der Waals surface area contributed by atoms with Crippen molar-refractivity contribution < 1.29 is 29.0 Å². The zero-order valence-corrected chi connectivity index (χ0v) is 16.8. The van der Waals surface area contributed by atoms with Gasteiger partial charge in [-0.15, -0.1) is 0 Å². The molecule has 164 valence electrons. The molecule has 1 heterocycles. The lowest BCUT2D eigenvalue weighted by atomic mass is 10.1. The molecule has 32 heavy (non-hydrogen) atoms. The quantitative estimate of drug-likeness (QED) is 0.246. The summed E-state index contributed by atoms with van der Waals surface area (Å²) in [5.41, 5.74) is 0.412. The Hall–Kier alpha value is -4.61. The van der Waals surface area contributed by atoms with E-state index in [4.69, 9.17) is 5.11 Å². The van der Waals surface area contributed by atoms with Crippen LogP contribution in [0.4, 0.5) is 11.4 Å². The van der Waals surface area contributed by atoms with E-state index in [-0.39, 0.29) is 16.8 Å². The normalized spacial score (nSPS) is 11.9. The fraction of sp³-hybridized carbons (Fsp3) is 0.150. The number of fused-ring (bicyclic) bond motifs is 1. The highest BCUT2D eigenvalue weighted by atomic mass is 16.5. The molecule has 0 aliphatic rings. The van der Waals surface area contributed by atoms with Crippen molar-refractivity contribution in [2.24, 2.45) is 10.2 Å². The Morgan fingerprint density at radius 3 is 2.44 bits per heavy atom. The van der Waals surface area contributed by atoms with Gasteiger partial charge in [-0.25, -0.2) is 14.4 Å². The fourth-order valence-corrected chi connectivity index (χ4v) is 2.79. The summed E-state index contributed by atoms with van der Waals surface area (Å²) in [7, 11) is 1.13. The highest BCUT2D eigenvalue weighted by Crippen LogP contribution is 2.23. The third-order valence-corrected chi connectivity index (χ3v) is 4.35. The number of hydrogen-bond acceptors (Lipinski definition) is 8. The number of aromatic amines is 2. The lowest BCUT2D eigenvalue weighted by molar-refractivity contribution is -0.126. The number of nitrogens with zero attached hydrogens (tertiary/aromatic N) is 2. The number of nitrogens with one attached hydrogen (secondary N) is 3. The number of carbonyl (C=O) groups excluding carboxylic acids is 3. The van der Waals surface area contributed by atoms with Crippen molar-refractivity contribution >= 4 is 46.0 Å². The van der Waals surface area contributed by atoms with Gasteiger partial charge in [-0.2, -0.15) is 10.2 Å². The van der Waals surface area contributed by atoms with Crippen LogP contribution in [0.25, 0.3) is 11.0 Å². The number of rotatable bonds is 7. The summed E-state index contributed by atoms with van der Waals surface area (Å²) >= 11 is 0. The molecule has 0 aliphatic carbocycles. The highest BCUT2D eigenvalue weighted by Gasteiger charge is 2.24. The number of anilines is 1. The first-order valence-corrected chi connectivity index (χ1v) is 9.09. The molecular formula is C20H17N5O7. The molecule has 0 spiro atoms. The number of ketones is 1. The summed E-state index contributed by atoms with van der Waals surface area (Å²) in [4.78, 5) is 64.2. The summed E-state index contributed by atoms with van der Waals surface area (Å²) in [6, 6.07) is 6.45. The van der Waals surface area contributed by atoms with Crippen LogP contribution in [0.5, 0.6) is 0 Å². The Balaban J connectivity index is 1.89. The van der Waals surface area contributed by atoms with E-state index in [0.29, 0.717) is 16.7 Å². The number of carboxylic acids is 1. The summed E-state index contributed by atoms with van der Waals surface area (Å²) in [6.07, 6.45) is 0. The van der Waals surface area contributed by atoms with Gasteiger partial charge >= 0.3 is 17.6 Å². The van der Waals surface area contributed by atoms with E-state index in [0.717, 1.165) is 20.1 Å². The van der Waals surface area contributed by atoms with Gasteiger partial charge in [0.2, 0.25) is 6.04 Å². The van der Waals surface area contributed by atoms with E-state index >= 15 is 0 Å². The zero-order chi connectivity index (χ0) is 23.4. The van der Waals surface area contributed by atoms with Gasteiger partial charge in [-0.1, -0.05) is 0 Å². The SMILES string of the molecule is COC(=O)c1ccc(C(=O)O)cc1N=NC(C(C)=O)C(=O)Nc1ccc2[nH]c(=O)[nH]c2c1. The van der Waals surface area contributed by atoms with Gasteiger partial charge in [-0.3, -0.25) is 9.59 Å². The monoisotopic (exact) mass is 439 g/mol. The second-order valence-electron chi connectivity index (χ2n) is 6.59. The average molecular weight is 439 g/mol. The smallest absolute Gasteiger partial charge is 0.340 e. The van der Waals surface area contributed by atoms with E-state index in [1.165, 1.54) is 24.3 Å². The topological polar surface area (TPSA) is 183 Å². The number of amides is 1. The van der Waals surface area contributed by atoms with Crippen molar-refractivity contribution in [3.63, 3.8) is 0 Å². The van der Waals surface area contributed by atoms with Crippen molar-refractivity contribution in [3.05, 3.63) is 58.0 Å². The Kier molecular flexibility index (Phi) is 6.24. The van der Waals surface area contributed by atoms with Crippen LogP contribution in [-0.4, -0.2) is 51.9 Å². The number of carboxylic acid groups (broad SMARTS) is 1. The van der Waals surface area contributed by atoms with Crippen molar-refractivity contribution in [1.82, 2.24) is 9.97 Å². The molecule has 1 amide bonds. The minimum absolute atomic E-state index is 0.0918. The number of H-pyrrole nitrogens is 2. The number of carbonyl (C=O) groups is 4. The minimum atomic E-state index is -1.57. The Morgan fingerprint density at radius 1 is 1.06 bits per heavy atom. The molecule has 0 fully saturated rings. The van der Waals surface area contributed by atoms with Crippen LogP contribution in [-0.2, 0) is 14.3 Å². The third kappa shape index (κ3) is 4.75. The number of ether oxygens (including phenoxy) is 1. The largest absolute Gasteiger partial charge is 0.478 e. The second kappa shape index (κ2) is 9.04. The Bertz CT molecular complexity index is 1320. The number of aromatic carboxylic acids is 1. The van der Waals surface area contributed by atoms with Gasteiger partial charge in [-0.05, 0) is 43.3 Å². The number of aromatic nitrogens is 2. The van der Waals surface area contributed by atoms with Gasteiger partial charge in [0.1, 0.15) is 5.69 Å². The van der Waals surface area contributed by atoms with Crippen molar-refractivity contribution in [1.29, 1.82) is 0 Å². The van der Waals surface area contributed by atoms with Crippen LogP contribution in [0.2, 0.25) is 0 Å². The van der Waals surface area contributed by atoms with Gasteiger partial charge in [0, 0.05) is 5.69 Å². The predicted octanol–water partition coefficient (Wildman–Crippen LogP) is 2.02. The highest BCUT2D eigenvalue weighted by molar-refractivity contribution is 6.10. The maximum atomic E-state index is 12.6. The van der Waals surface area contributed by atoms with Crippen LogP contribution >= 0.6 is 0 Å². The summed E-state index contributed by atoms with van der Waals surface area (Å²) in [6.45, 7) is 1.13. The summed E-state index contributed by atoms with van der Waals surface area (Å²) in [5, 5.41) is 19.2. The molecule has 12 heteroatoms. The molecule has 1 aromatic heterocycles. The van der Waals surface area contributed by atoms with Gasteiger partial charge < -0.3 is 25.1 Å². The number of benzene rings is 2. The van der Waals surface area contributed by atoms with E-state index in [1.54, 1.807) is 6.07 Å². The van der Waals surface area contributed by atoms with Crippen LogP contribution < -0.4 is 11.0 Å². The van der Waals surface area contributed by atoms with E-state index in [2.05, 4.69) is 30.3 Å². The number of imidazole rings is 1. The number of methoxy groups -OCH3 is 1. The fourth-order valence-electron chi connectivity index (χ4n) is 2.79. The van der Waals surface area contributed by atoms with Crippen LogP contribution in [0.3, 0.4) is 0 Å². The molecule has 3 aromatic rings. The van der Waals surface area contributed by atoms with Gasteiger partial charge in [0.15, 0.2) is 5.78 Å². The molecule has 3 rings (SSSR count). The molecule has 0 aliphatic heterocycles. The first-order chi connectivity index (χ1) is 15.2. The second-order valence-corrected chi connectivity index (χ2v) is 6.59. The van der Waals surface area contributed by atoms with Crippen LogP contribution in [0.1, 0.15) is 27.6 Å². The standard InChI is InChI=1S/C20H17N5O7/c1-9(26)16(17(27)21-11-4-6-13-15(8-11)23-20(31)22-13)25-24-14-7-10(18(28)29)3-5-12(14)19(30)32-2/h3-8,16H,1-2H3,(H,21,27)(H,28,29)(H2,22,23,31). The summed E-state index contributed by atoms with van der Waals surface area (Å²) in [5.74, 6) is -3.52. The van der Waals surface area contributed by atoms with Crippen LogP contribution in [0.15, 0.2) is 51.4 Å². The number of esters is 1. The first kappa shape index (κ1) is 22.1. The maximum absolute atomic E-state index is 12.6. The lowest BCUT2D eigenvalue weighted by Gasteiger charge is -2.10. The lowest BCUT2D eigenvalue weighted by Crippen LogP contribution is -2.31.